The number of hydrogen-bond acceptors (Lipinski definition) is 9. The van der Waals surface area contributed by atoms with Crippen molar-refractivity contribution in [2.24, 2.45) is 0 Å². The van der Waals surface area contributed by atoms with Gasteiger partial charge in [0.05, 0.1) is 56.5 Å². The number of fused-ring (bicyclic) bond motifs is 8. The van der Waals surface area contributed by atoms with E-state index in [1.165, 1.54) is 34.2 Å². The van der Waals surface area contributed by atoms with E-state index in [-0.39, 0.29) is 42.3 Å². The van der Waals surface area contributed by atoms with Crippen LogP contribution in [0.2, 0.25) is 0 Å². The van der Waals surface area contributed by atoms with Gasteiger partial charge in [0.15, 0.2) is 0 Å². The molecule has 8 bridgehead atoms. The molecular formula is C43H56N4O7. The van der Waals surface area contributed by atoms with Gasteiger partial charge in [0.2, 0.25) is 0 Å². The highest BCUT2D eigenvalue weighted by atomic mass is 16.5. The number of carbonyl (C=O) groups excluding carboxylic acids is 3. The van der Waals surface area contributed by atoms with Crippen LogP contribution in [0.3, 0.4) is 0 Å². The summed E-state index contributed by atoms with van der Waals surface area (Å²) in [4.78, 5) is 56.9. The average molecular weight is 741 g/mol. The topological polar surface area (TPSA) is 145 Å². The molecule has 54 heavy (non-hydrogen) atoms. The van der Waals surface area contributed by atoms with Gasteiger partial charge in [-0.25, -0.2) is 9.78 Å². The number of aryl methyl sites for hydroxylation is 3. The van der Waals surface area contributed by atoms with Crippen molar-refractivity contribution in [1.29, 1.82) is 0 Å². The largest absolute Gasteiger partial charge is 0.469 e. The molecule has 0 aliphatic carbocycles. The van der Waals surface area contributed by atoms with Crippen LogP contribution in [0.5, 0.6) is 0 Å². The standard InChI is InChI=1S/C43H56N4O7/c1-11-13-14-15-18-54-27(7)39-25(5)33-20-32-24(4)29(16-17-37(48)51-8)41(46-32)30(19-38(49)52-9)42-40(43(50)53-10)26(6)34(47-42)21-35-28(12-2)23(3)31(44-35)22-36(39)45-33/h20-22,24,27,29,44-45H,11-19H2,1-10H3/t24-,27?,29-/m0/s1. The number of ether oxygens (including phenoxy) is 4. The van der Waals surface area contributed by atoms with E-state index in [9.17, 15) is 14.4 Å². The van der Waals surface area contributed by atoms with Crippen molar-refractivity contribution in [2.75, 3.05) is 27.9 Å². The van der Waals surface area contributed by atoms with Gasteiger partial charge in [-0.2, -0.15) is 0 Å². The predicted molar refractivity (Wildman–Crippen MR) is 211 cm³/mol. The molecule has 0 fully saturated rings. The monoisotopic (exact) mass is 740 g/mol. The van der Waals surface area contributed by atoms with E-state index in [0.717, 1.165) is 69.3 Å². The molecule has 2 N–H and O–H groups in total. The van der Waals surface area contributed by atoms with Crippen LogP contribution < -0.4 is 0 Å². The normalized spacial score (nSPS) is 16.0. The van der Waals surface area contributed by atoms with Gasteiger partial charge in [0.25, 0.3) is 0 Å². The van der Waals surface area contributed by atoms with Crippen LogP contribution in [0.25, 0.3) is 33.2 Å². The van der Waals surface area contributed by atoms with Crippen LogP contribution in [-0.2, 0) is 46.2 Å². The summed E-state index contributed by atoms with van der Waals surface area (Å²) in [7, 11) is 4.03. The Kier molecular flexibility index (Phi) is 13.2. The molecule has 3 atom stereocenters. The van der Waals surface area contributed by atoms with Crippen LogP contribution in [0.15, 0.2) is 18.2 Å². The van der Waals surface area contributed by atoms with Gasteiger partial charge < -0.3 is 28.9 Å². The molecule has 1 unspecified atom stereocenters. The molecule has 5 heterocycles. The summed E-state index contributed by atoms with van der Waals surface area (Å²) in [5.41, 5.74) is 11.6. The molecule has 0 amide bonds. The molecule has 0 spiro atoms. The number of aromatic amines is 2. The van der Waals surface area contributed by atoms with Crippen LogP contribution in [0.4, 0.5) is 0 Å². The van der Waals surface area contributed by atoms with Crippen LogP contribution in [0.1, 0.15) is 142 Å². The molecule has 3 aromatic heterocycles. The Morgan fingerprint density at radius 2 is 1.52 bits per heavy atom. The Morgan fingerprint density at radius 1 is 0.815 bits per heavy atom. The molecule has 5 rings (SSSR count). The quantitative estimate of drug-likeness (QED) is 0.0941. The van der Waals surface area contributed by atoms with Gasteiger partial charge in [-0.1, -0.05) is 40.0 Å². The molecule has 3 aromatic rings. The van der Waals surface area contributed by atoms with Crippen molar-refractivity contribution in [1.82, 2.24) is 19.9 Å². The second-order valence-electron chi connectivity index (χ2n) is 14.4. The fourth-order valence-corrected chi connectivity index (χ4v) is 7.91. The highest BCUT2D eigenvalue weighted by molar-refractivity contribution is 6.25. The smallest absolute Gasteiger partial charge is 0.340 e. The number of methoxy groups -OCH3 is 3. The molecule has 0 saturated heterocycles. The van der Waals surface area contributed by atoms with Crippen molar-refractivity contribution in [3.63, 3.8) is 0 Å². The van der Waals surface area contributed by atoms with Crippen molar-refractivity contribution >= 4 is 51.1 Å². The van der Waals surface area contributed by atoms with Gasteiger partial charge in [0.1, 0.15) is 0 Å². The molecule has 2 aliphatic heterocycles. The minimum atomic E-state index is -0.570. The first kappa shape index (κ1) is 40.4. The minimum absolute atomic E-state index is 0.144. The Bertz CT molecular complexity index is 2110. The highest BCUT2D eigenvalue weighted by Crippen LogP contribution is 2.44. The van der Waals surface area contributed by atoms with Gasteiger partial charge in [0, 0.05) is 63.8 Å². The zero-order valence-corrected chi connectivity index (χ0v) is 33.6. The van der Waals surface area contributed by atoms with Gasteiger partial charge in [-0.05, 0) is 87.4 Å². The van der Waals surface area contributed by atoms with Crippen molar-refractivity contribution in [2.45, 2.75) is 118 Å². The summed E-state index contributed by atoms with van der Waals surface area (Å²) in [5.74, 6) is -1.89. The molecule has 11 nitrogen and oxygen atoms in total. The van der Waals surface area contributed by atoms with Crippen molar-refractivity contribution in [3.05, 3.63) is 68.8 Å². The van der Waals surface area contributed by atoms with E-state index in [4.69, 9.17) is 28.9 Å². The number of allylic oxidation sites excluding steroid dienone is 1. The number of hydrogen-bond donors (Lipinski definition) is 2. The van der Waals surface area contributed by atoms with E-state index in [1.54, 1.807) is 0 Å². The van der Waals surface area contributed by atoms with Gasteiger partial charge in [-0.3, -0.25) is 14.6 Å². The SMILES string of the molecule is CCCCCCOC(C)c1c(C)c2cc3nc(c(CC(=O)OC)c4nc(cc5[nH]c(cc1[nH]2)c(C)c5CC)C(C)=C4C(=O)OC)[C@@H](CCC(=O)OC)[C@@H]3C. The minimum Gasteiger partial charge on any atom is -0.469 e. The van der Waals surface area contributed by atoms with Crippen LogP contribution >= 0.6 is 0 Å². The first-order valence-corrected chi connectivity index (χ1v) is 19.2. The number of rotatable bonds is 14. The predicted octanol–water partition coefficient (Wildman–Crippen LogP) is 8.81. The van der Waals surface area contributed by atoms with E-state index in [1.807, 2.05) is 13.0 Å². The Hall–Kier alpha value is -4.77. The number of unbranched alkanes of at least 4 members (excludes halogenated alkanes) is 3. The fraction of sp³-hybridized carbons (Fsp3) is 0.512. The molecule has 0 radical (unpaired) electrons. The number of aromatic nitrogens is 4. The summed E-state index contributed by atoms with van der Waals surface area (Å²) in [6.07, 6.45) is 5.45. The molecule has 290 valence electrons. The van der Waals surface area contributed by atoms with E-state index in [0.29, 0.717) is 41.2 Å². The van der Waals surface area contributed by atoms with Crippen molar-refractivity contribution in [3.8, 4) is 0 Å². The zero-order chi connectivity index (χ0) is 39.3. The lowest BCUT2D eigenvalue weighted by molar-refractivity contribution is -0.141. The lowest BCUT2D eigenvalue weighted by atomic mass is 9.84. The molecular weight excluding hydrogens is 684 g/mol. The zero-order valence-electron chi connectivity index (χ0n) is 33.6. The lowest BCUT2D eigenvalue weighted by Crippen LogP contribution is -2.15. The first-order chi connectivity index (χ1) is 25.9. The number of nitrogens with one attached hydrogen (secondary N) is 2. The van der Waals surface area contributed by atoms with E-state index >= 15 is 0 Å². The molecule has 0 aromatic carbocycles. The van der Waals surface area contributed by atoms with Crippen molar-refractivity contribution < 1.29 is 33.3 Å². The van der Waals surface area contributed by atoms with E-state index in [2.05, 4.69) is 63.6 Å². The number of nitrogens with zero attached hydrogens (tertiary/aromatic N) is 2. The number of H-pyrrole nitrogens is 2. The third-order valence-electron chi connectivity index (χ3n) is 11.1. The van der Waals surface area contributed by atoms with Gasteiger partial charge in [-0.15, -0.1) is 0 Å². The average Bonchev–Trinajstić information content (AvgIpc) is 3.85. The van der Waals surface area contributed by atoms with Crippen LogP contribution in [0, 0.1) is 13.8 Å². The Balaban J connectivity index is 1.93. The lowest BCUT2D eigenvalue weighted by Gasteiger charge is -2.18. The summed E-state index contributed by atoms with van der Waals surface area (Å²) in [6.45, 7) is 15.2. The van der Waals surface area contributed by atoms with Gasteiger partial charge >= 0.3 is 17.9 Å². The summed E-state index contributed by atoms with van der Waals surface area (Å²) in [5, 5.41) is 0. The Morgan fingerprint density at radius 3 is 2.19 bits per heavy atom. The molecule has 2 aliphatic rings. The third kappa shape index (κ3) is 8.16. The highest BCUT2D eigenvalue weighted by Gasteiger charge is 2.36. The summed E-state index contributed by atoms with van der Waals surface area (Å²) in [6, 6.07) is 6.18. The maximum Gasteiger partial charge on any atom is 0.340 e. The van der Waals surface area contributed by atoms with E-state index < -0.39 is 11.9 Å². The maximum absolute atomic E-state index is 13.6. The second kappa shape index (κ2) is 17.6. The first-order valence-electron chi connectivity index (χ1n) is 19.2. The second-order valence-corrected chi connectivity index (χ2v) is 14.4. The fourth-order valence-electron chi connectivity index (χ4n) is 7.91. The maximum atomic E-state index is 13.6. The Labute approximate surface area is 318 Å². The number of esters is 3. The summed E-state index contributed by atoms with van der Waals surface area (Å²) >= 11 is 0. The van der Waals surface area contributed by atoms with Crippen LogP contribution in [-0.4, -0.2) is 65.8 Å². The third-order valence-corrected chi connectivity index (χ3v) is 11.1. The summed E-state index contributed by atoms with van der Waals surface area (Å²) < 4.78 is 22.0. The molecule has 11 heteroatoms. The molecule has 0 saturated carbocycles. The number of carbonyl (C=O) groups is 3.